The van der Waals surface area contributed by atoms with E-state index in [2.05, 4.69) is 45.0 Å². The van der Waals surface area contributed by atoms with Crippen LogP contribution in [0.4, 0.5) is 16.4 Å². The van der Waals surface area contributed by atoms with Crippen LogP contribution in [-0.4, -0.2) is 65.7 Å². The second-order valence-electron chi connectivity index (χ2n) is 9.76. The zero-order chi connectivity index (χ0) is 25.3. The maximum Gasteiger partial charge on any atom is 0.339 e. The number of aryl methyl sites for hydroxylation is 1. The van der Waals surface area contributed by atoms with Crippen molar-refractivity contribution in [3.8, 4) is 0 Å². The first kappa shape index (κ1) is 24.1. The van der Waals surface area contributed by atoms with Crippen LogP contribution < -0.4 is 20.7 Å². The molecule has 0 radical (unpaired) electrons. The summed E-state index contributed by atoms with van der Waals surface area (Å²) in [7, 11) is 0. The van der Waals surface area contributed by atoms with Gasteiger partial charge in [-0.3, -0.25) is 0 Å². The lowest BCUT2D eigenvalue weighted by Gasteiger charge is -2.38. The maximum absolute atomic E-state index is 12.9. The van der Waals surface area contributed by atoms with Crippen LogP contribution in [0.1, 0.15) is 37.8 Å². The summed E-state index contributed by atoms with van der Waals surface area (Å²) in [5.74, 6) is 0.733. The van der Waals surface area contributed by atoms with E-state index in [-0.39, 0.29) is 17.2 Å². The van der Waals surface area contributed by atoms with Crippen molar-refractivity contribution in [3.63, 3.8) is 0 Å². The number of hydrogen-bond donors (Lipinski definition) is 1. The van der Waals surface area contributed by atoms with Crippen molar-refractivity contribution in [1.82, 2.24) is 20.2 Å². The molecule has 2 fully saturated rings. The smallest absolute Gasteiger partial charge is 0.339 e. The minimum Gasteiger partial charge on any atom is -0.422 e. The van der Waals surface area contributed by atoms with Crippen molar-refractivity contribution in [2.24, 2.45) is 0 Å². The molecule has 1 spiro atoms. The molecule has 2 aliphatic rings. The van der Waals surface area contributed by atoms with Gasteiger partial charge in [-0.15, -0.1) is 0 Å². The molecule has 5 rings (SSSR count). The lowest BCUT2D eigenvalue weighted by molar-refractivity contribution is 0.217. The van der Waals surface area contributed by atoms with Gasteiger partial charge in [-0.2, -0.15) is 0 Å². The lowest BCUT2D eigenvalue weighted by atomic mass is 9.88. The lowest BCUT2D eigenvalue weighted by Crippen LogP contribution is -2.52. The fourth-order valence-electron chi connectivity index (χ4n) is 5.54. The molecule has 190 valence electrons. The largest absolute Gasteiger partial charge is 0.422 e. The first-order valence-corrected chi connectivity index (χ1v) is 12.8. The van der Waals surface area contributed by atoms with Crippen LogP contribution in [0.25, 0.3) is 11.0 Å². The van der Waals surface area contributed by atoms with Gasteiger partial charge in [0, 0.05) is 74.4 Å². The molecule has 0 aliphatic carbocycles. The number of fused-ring (bicyclic) bond motifs is 1. The molecular weight excluding hydrogens is 456 g/mol. The Bertz CT molecular complexity index is 1300. The summed E-state index contributed by atoms with van der Waals surface area (Å²) in [5.41, 5.74) is 2.67. The maximum atomic E-state index is 12.9. The number of aromatic nitrogens is 2. The Labute approximate surface area is 211 Å². The standard InChI is InChI=1S/C27H34N6O3/c1-4-31(5-2)20-7-8-21-19(3)22(24(34)36-23(21)17-20)9-14-33-18-27(30-26(33)35)10-15-32(16-11-27)25-28-12-6-13-29-25/h6-8,12-13,17H,4-5,9-11,14-16,18H2,1-3H3,(H,30,35). The molecule has 0 atom stereocenters. The molecule has 2 saturated heterocycles. The highest BCUT2D eigenvalue weighted by Crippen LogP contribution is 2.30. The molecule has 1 aromatic carbocycles. The fourth-order valence-corrected chi connectivity index (χ4v) is 5.54. The van der Waals surface area contributed by atoms with Gasteiger partial charge in [-0.25, -0.2) is 19.6 Å². The molecule has 2 amide bonds. The van der Waals surface area contributed by atoms with Crippen LogP contribution >= 0.6 is 0 Å². The Morgan fingerprint density at radius 2 is 1.83 bits per heavy atom. The van der Waals surface area contributed by atoms with Crippen LogP contribution in [0, 0.1) is 6.92 Å². The number of nitrogens with one attached hydrogen (secondary N) is 1. The zero-order valence-corrected chi connectivity index (χ0v) is 21.3. The van der Waals surface area contributed by atoms with Crippen molar-refractivity contribution in [1.29, 1.82) is 0 Å². The van der Waals surface area contributed by atoms with E-state index in [1.54, 1.807) is 12.4 Å². The first-order chi connectivity index (χ1) is 17.4. The van der Waals surface area contributed by atoms with Gasteiger partial charge in [0.15, 0.2) is 0 Å². The Balaban J connectivity index is 1.26. The molecule has 36 heavy (non-hydrogen) atoms. The third kappa shape index (κ3) is 4.50. The number of carbonyl (C=O) groups excluding carboxylic acids is 1. The number of nitrogens with zero attached hydrogens (tertiary/aromatic N) is 5. The highest BCUT2D eigenvalue weighted by Gasteiger charge is 2.44. The van der Waals surface area contributed by atoms with Crippen molar-refractivity contribution in [2.75, 3.05) is 49.1 Å². The summed E-state index contributed by atoms with van der Waals surface area (Å²) < 4.78 is 5.74. The van der Waals surface area contributed by atoms with Crippen LogP contribution in [0.3, 0.4) is 0 Å². The highest BCUT2D eigenvalue weighted by molar-refractivity contribution is 5.84. The van der Waals surface area contributed by atoms with Gasteiger partial charge in [-0.1, -0.05) is 0 Å². The number of piperidine rings is 1. The van der Waals surface area contributed by atoms with Crippen LogP contribution in [-0.2, 0) is 6.42 Å². The molecular formula is C27H34N6O3. The van der Waals surface area contributed by atoms with Crippen LogP contribution in [0.2, 0.25) is 0 Å². The van der Waals surface area contributed by atoms with Gasteiger partial charge in [0.05, 0.1) is 5.54 Å². The number of anilines is 2. The fraction of sp³-hybridized carbons (Fsp3) is 0.481. The summed E-state index contributed by atoms with van der Waals surface area (Å²) in [4.78, 5) is 40.7. The summed E-state index contributed by atoms with van der Waals surface area (Å²) in [6, 6.07) is 7.81. The molecule has 9 heteroatoms. The average Bonchev–Trinajstić information content (AvgIpc) is 3.19. The normalized spacial score (nSPS) is 17.1. The molecule has 0 unspecified atom stereocenters. The number of carbonyl (C=O) groups is 1. The number of amides is 2. The van der Waals surface area contributed by atoms with Gasteiger partial charge in [-0.05, 0) is 63.8 Å². The molecule has 2 aliphatic heterocycles. The van der Waals surface area contributed by atoms with Crippen molar-refractivity contribution in [3.05, 3.63) is 58.2 Å². The number of hydrogen-bond acceptors (Lipinski definition) is 7. The Kier molecular flexibility index (Phi) is 6.55. The molecule has 1 N–H and O–H groups in total. The summed E-state index contributed by atoms with van der Waals surface area (Å²) in [6.07, 6.45) is 5.64. The zero-order valence-electron chi connectivity index (χ0n) is 21.3. The van der Waals surface area contributed by atoms with Gasteiger partial charge >= 0.3 is 11.7 Å². The Morgan fingerprint density at radius 3 is 2.53 bits per heavy atom. The SMILES string of the molecule is CCN(CC)c1ccc2c(C)c(CCN3CC4(CCN(c5ncccn5)CC4)NC3=O)c(=O)oc2c1. The predicted octanol–water partition coefficient (Wildman–Crippen LogP) is 3.34. The van der Waals surface area contributed by atoms with E-state index in [0.717, 1.165) is 61.6 Å². The topological polar surface area (TPSA) is 94.8 Å². The van der Waals surface area contributed by atoms with Crippen LogP contribution in [0.15, 0.2) is 45.9 Å². The number of rotatable bonds is 7. The second-order valence-corrected chi connectivity index (χ2v) is 9.76. The highest BCUT2D eigenvalue weighted by atomic mass is 16.4. The molecule has 9 nitrogen and oxygen atoms in total. The summed E-state index contributed by atoms with van der Waals surface area (Å²) in [5, 5.41) is 4.17. The van der Waals surface area contributed by atoms with E-state index < -0.39 is 0 Å². The third-order valence-corrected chi connectivity index (χ3v) is 7.74. The van der Waals surface area contributed by atoms with Gasteiger partial charge in [0.1, 0.15) is 5.58 Å². The monoisotopic (exact) mass is 490 g/mol. The molecule has 2 aromatic heterocycles. The minimum absolute atomic E-state index is 0.0638. The quantitative estimate of drug-likeness (QED) is 0.508. The number of urea groups is 1. The third-order valence-electron chi connectivity index (χ3n) is 7.74. The average molecular weight is 491 g/mol. The first-order valence-electron chi connectivity index (χ1n) is 12.8. The van der Waals surface area contributed by atoms with E-state index in [1.165, 1.54) is 0 Å². The van der Waals surface area contributed by atoms with Crippen molar-refractivity contribution in [2.45, 2.75) is 45.6 Å². The second kappa shape index (κ2) is 9.79. The molecule has 0 saturated carbocycles. The minimum atomic E-state index is -0.317. The summed E-state index contributed by atoms with van der Waals surface area (Å²) >= 11 is 0. The Morgan fingerprint density at radius 1 is 1.11 bits per heavy atom. The van der Waals surface area contributed by atoms with Gasteiger partial charge < -0.3 is 24.4 Å². The van der Waals surface area contributed by atoms with Crippen molar-refractivity contribution < 1.29 is 9.21 Å². The number of benzene rings is 1. The van der Waals surface area contributed by atoms with E-state index in [1.807, 2.05) is 30.0 Å². The van der Waals surface area contributed by atoms with Crippen molar-refractivity contribution >= 4 is 28.6 Å². The Hall–Kier alpha value is -3.62. The van der Waals surface area contributed by atoms with E-state index in [0.29, 0.717) is 30.7 Å². The van der Waals surface area contributed by atoms with Gasteiger partial charge in [0.2, 0.25) is 5.95 Å². The molecule has 0 bridgehead atoms. The predicted molar refractivity (Wildman–Crippen MR) is 141 cm³/mol. The molecule has 4 heterocycles. The summed E-state index contributed by atoms with van der Waals surface area (Å²) in [6.45, 7) is 10.7. The van der Waals surface area contributed by atoms with E-state index in [4.69, 9.17) is 4.42 Å². The van der Waals surface area contributed by atoms with Gasteiger partial charge in [0.25, 0.3) is 0 Å². The van der Waals surface area contributed by atoms with Crippen LogP contribution in [0.5, 0.6) is 0 Å². The van der Waals surface area contributed by atoms with E-state index in [9.17, 15) is 9.59 Å². The molecule has 3 aromatic rings. The van der Waals surface area contributed by atoms with E-state index >= 15 is 0 Å².